The standard InChI is InChI=1S/C16H18ClNO/c1-11-8-14(17)6-7-16(11)19-15-5-3-4-13(10-15)9-12(2)18/h3-8,10,12H,9,18H2,1-2H3. The van der Waals surface area contributed by atoms with Gasteiger partial charge in [-0.3, -0.25) is 0 Å². The van der Waals surface area contributed by atoms with Crippen molar-refractivity contribution in [2.45, 2.75) is 26.3 Å². The van der Waals surface area contributed by atoms with Gasteiger partial charge in [0, 0.05) is 11.1 Å². The highest BCUT2D eigenvalue weighted by Gasteiger charge is 2.04. The third-order valence-electron chi connectivity index (χ3n) is 2.82. The van der Waals surface area contributed by atoms with Gasteiger partial charge in [0.25, 0.3) is 0 Å². The molecule has 0 saturated heterocycles. The molecule has 3 heteroatoms. The molecule has 0 spiro atoms. The Bertz CT molecular complexity index is 566. The van der Waals surface area contributed by atoms with Gasteiger partial charge in [-0.05, 0) is 61.7 Å². The van der Waals surface area contributed by atoms with E-state index in [1.807, 2.05) is 50.2 Å². The van der Waals surface area contributed by atoms with E-state index in [1.54, 1.807) is 0 Å². The zero-order valence-electron chi connectivity index (χ0n) is 11.2. The second kappa shape index (κ2) is 6.09. The highest BCUT2D eigenvalue weighted by Crippen LogP contribution is 2.27. The van der Waals surface area contributed by atoms with E-state index in [1.165, 1.54) is 5.56 Å². The molecule has 0 aliphatic rings. The molecule has 0 heterocycles. The van der Waals surface area contributed by atoms with Crippen LogP contribution in [-0.2, 0) is 6.42 Å². The van der Waals surface area contributed by atoms with Crippen molar-refractivity contribution in [2.24, 2.45) is 5.73 Å². The quantitative estimate of drug-likeness (QED) is 0.901. The topological polar surface area (TPSA) is 35.2 Å². The lowest BCUT2D eigenvalue weighted by Crippen LogP contribution is -2.17. The van der Waals surface area contributed by atoms with E-state index in [9.17, 15) is 0 Å². The average molecular weight is 276 g/mol. The van der Waals surface area contributed by atoms with Crippen molar-refractivity contribution in [1.29, 1.82) is 0 Å². The zero-order valence-corrected chi connectivity index (χ0v) is 11.9. The highest BCUT2D eigenvalue weighted by molar-refractivity contribution is 6.30. The first-order chi connectivity index (χ1) is 9.04. The molecule has 0 aliphatic carbocycles. The minimum absolute atomic E-state index is 0.146. The molecule has 1 atom stereocenters. The Kier molecular flexibility index (Phi) is 4.46. The summed E-state index contributed by atoms with van der Waals surface area (Å²) in [5.41, 5.74) is 8.01. The second-order valence-electron chi connectivity index (χ2n) is 4.84. The summed E-state index contributed by atoms with van der Waals surface area (Å²) in [5.74, 6) is 1.64. The molecule has 0 radical (unpaired) electrons. The number of rotatable bonds is 4. The van der Waals surface area contributed by atoms with Crippen molar-refractivity contribution >= 4 is 11.6 Å². The molecule has 2 N–H and O–H groups in total. The Morgan fingerprint density at radius 2 is 2.00 bits per heavy atom. The Hall–Kier alpha value is -1.51. The lowest BCUT2D eigenvalue weighted by Gasteiger charge is -2.11. The van der Waals surface area contributed by atoms with Crippen molar-refractivity contribution < 1.29 is 4.74 Å². The summed E-state index contributed by atoms with van der Waals surface area (Å²) in [6.45, 7) is 3.98. The average Bonchev–Trinajstić information content (AvgIpc) is 2.32. The van der Waals surface area contributed by atoms with E-state index >= 15 is 0 Å². The SMILES string of the molecule is Cc1cc(Cl)ccc1Oc1cccc(CC(C)N)c1. The molecule has 19 heavy (non-hydrogen) atoms. The van der Waals surface area contributed by atoms with Crippen LogP contribution in [0.25, 0.3) is 0 Å². The Morgan fingerprint density at radius 1 is 1.21 bits per heavy atom. The zero-order chi connectivity index (χ0) is 13.8. The maximum absolute atomic E-state index is 5.93. The second-order valence-corrected chi connectivity index (χ2v) is 5.28. The van der Waals surface area contributed by atoms with Gasteiger partial charge in [0.1, 0.15) is 11.5 Å². The van der Waals surface area contributed by atoms with Crippen molar-refractivity contribution in [3.05, 3.63) is 58.6 Å². The van der Waals surface area contributed by atoms with Crippen molar-refractivity contribution in [3.8, 4) is 11.5 Å². The van der Waals surface area contributed by atoms with Gasteiger partial charge in [-0.15, -0.1) is 0 Å². The first kappa shape index (κ1) is 13.9. The fourth-order valence-corrected chi connectivity index (χ4v) is 2.19. The van der Waals surface area contributed by atoms with Crippen molar-refractivity contribution in [3.63, 3.8) is 0 Å². The number of nitrogens with two attached hydrogens (primary N) is 1. The van der Waals surface area contributed by atoms with Gasteiger partial charge in [0.05, 0.1) is 0 Å². The van der Waals surface area contributed by atoms with E-state index in [0.717, 1.165) is 28.5 Å². The number of ether oxygens (including phenoxy) is 1. The predicted molar refractivity (Wildman–Crippen MR) is 80.1 cm³/mol. The van der Waals surface area contributed by atoms with Crippen LogP contribution in [0.5, 0.6) is 11.5 Å². The summed E-state index contributed by atoms with van der Waals surface area (Å²) in [6, 6.07) is 13.8. The van der Waals surface area contributed by atoms with Gasteiger partial charge in [-0.25, -0.2) is 0 Å². The van der Waals surface area contributed by atoms with Crippen LogP contribution in [0.2, 0.25) is 5.02 Å². The molecule has 0 aromatic heterocycles. The molecule has 2 rings (SSSR count). The summed E-state index contributed by atoms with van der Waals surface area (Å²) in [5, 5.41) is 0.718. The van der Waals surface area contributed by atoms with E-state index in [-0.39, 0.29) is 6.04 Å². The normalized spacial score (nSPS) is 12.2. The first-order valence-corrected chi connectivity index (χ1v) is 6.71. The maximum atomic E-state index is 5.93. The number of hydrogen-bond acceptors (Lipinski definition) is 2. The van der Waals surface area contributed by atoms with Gasteiger partial charge < -0.3 is 10.5 Å². The molecule has 2 aromatic rings. The van der Waals surface area contributed by atoms with Gasteiger partial charge in [0.15, 0.2) is 0 Å². The van der Waals surface area contributed by atoms with Crippen LogP contribution in [0, 0.1) is 6.92 Å². The largest absolute Gasteiger partial charge is 0.457 e. The van der Waals surface area contributed by atoms with Gasteiger partial charge in [-0.2, -0.15) is 0 Å². The summed E-state index contributed by atoms with van der Waals surface area (Å²) < 4.78 is 5.89. The summed E-state index contributed by atoms with van der Waals surface area (Å²) in [7, 11) is 0. The maximum Gasteiger partial charge on any atom is 0.130 e. The lowest BCUT2D eigenvalue weighted by molar-refractivity contribution is 0.478. The smallest absolute Gasteiger partial charge is 0.130 e. The van der Waals surface area contributed by atoms with Gasteiger partial charge >= 0.3 is 0 Å². The summed E-state index contributed by atoms with van der Waals surface area (Å²) in [6.07, 6.45) is 0.844. The van der Waals surface area contributed by atoms with Crippen LogP contribution in [0.15, 0.2) is 42.5 Å². The van der Waals surface area contributed by atoms with Crippen LogP contribution < -0.4 is 10.5 Å². The third kappa shape index (κ3) is 3.98. The van der Waals surface area contributed by atoms with Crippen LogP contribution in [0.4, 0.5) is 0 Å². The van der Waals surface area contributed by atoms with Gasteiger partial charge in [0.2, 0.25) is 0 Å². The fourth-order valence-electron chi connectivity index (χ4n) is 1.96. The molecule has 0 bridgehead atoms. The number of aryl methyl sites for hydroxylation is 1. The van der Waals surface area contributed by atoms with Crippen molar-refractivity contribution in [2.75, 3.05) is 0 Å². The lowest BCUT2D eigenvalue weighted by atomic mass is 10.1. The summed E-state index contributed by atoms with van der Waals surface area (Å²) >= 11 is 5.93. The Balaban J connectivity index is 2.18. The summed E-state index contributed by atoms with van der Waals surface area (Å²) in [4.78, 5) is 0. The minimum atomic E-state index is 0.146. The predicted octanol–water partition coefficient (Wildman–Crippen LogP) is 4.33. The first-order valence-electron chi connectivity index (χ1n) is 6.33. The number of benzene rings is 2. The third-order valence-corrected chi connectivity index (χ3v) is 3.06. The molecule has 0 saturated carbocycles. The van der Waals surface area contributed by atoms with Crippen molar-refractivity contribution in [1.82, 2.24) is 0 Å². The number of hydrogen-bond donors (Lipinski definition) is 1. The fraction of sp³-hybridized carbons (Fsp3) is 0.250. The molecule has 0 fully saturated rings. The molecule has 100 valence electrons. The van der Waals surface area contributed by atoms with Crippen LogP contribution in [0.1, 0.15) is 18.1 Å². The van der Waals surface area contributed by atoms with E-state index in [2.05, 4.69) is 6.07 Å². The van der Waals surface area contributed by atoms with Crippen LogP contribution in [0.3, 0.4) is 0 Å². The van der Waals surface area contributed by atoms with Crippen LogP contribution >= 0.6 is 11.6 Å². The van der Waals surface area contributed by atoms with Crippen LogP contribution in [-0.4, -0.2) is 6.04 Å². The molecular weight excluding hydrogens is 258 g/mol. The molecular formula is C16H18ClNO. The van der Waals surface area contributed by atoms with E-state index in [4.69, 9.17) is 22.1 Å². The Morgan fingerprint density at radius 3 is 2.68 bits per heavy atom. The highest BCUT2D eigenvalue weighted by atomic mass is 35.5. The Labute approximate surface area is 119 Å². The molecule has 0 amide bonds. The monoisotopic (exact) mass is 275 g/mol. The van der Waals surface area contributed by atoms with E-state index < -0.39 is 0 Å². The number of halogens is 1. The van der Waals surface area contributed by atoms with Gasteiger partial charge in [-0.1, -0.05) is 23.7 Å². The minimum Gasteiger partial charge on any atom is -0.457 e. The molecule has 1 unspecified atom stereocenters. The molecule has 2 nitrogen and oxygen atoms in total. The molecule has 0 aliphatic heterocycles. The van der Waals surface area contributed by atoms with E-state index in [0.29, 0.717) is 0 Å². The molecule has 2 aromatic carbocycles.